The molecule has 3 aliphatic rings. The molecular weight excluding hydrogens is 1740 g/mol. The van der Waals surface area contributed by atoms with Gasteiger partial charge in [0.15, 0.2) is 30.4 Å². The van der Waals surface area contributed by atoms with E-state index >= 15 is 0 Å². The number of aromatic hydroxyl groups is 4. The van der Waals surface area contributed by atoms with Crippen molar-refractivity contribution in [2.24, 2.45) is 23.7 Å². The van der Waals surface area contributed by atoms with E-state index in [-0.39, 0.29) is 42.1 Å². The minimum absolute atomic E-state index is 0.0248. The number of methoxy groups -OCH3 is 1. The van der Waals surface area contributed by atoms with E-state index in [1.807, 2.05) is 139 Å². The van der Waals surface area contributed by atoms with Crippen molar-refractivity contribution >= 4 is 5.97 Å². The molecule has 0 saturated heterocycles. The fraction of sp³-hybridized carbons (Fsp3) is 0.563. The average Bonchev–Trinajstić information content (AvgIpc) is 0.843. The van der Waals surface area contributed by atoms with Crippen LogP contribution in [0.15, 0.2) is 218 Å². The van der Waals surface area contributed by atoms with Gasteiger partial charge in [-0.05, 0) is 350 Å². The molecule has 12 rings (SSSR count). The Hall–Kier alpha value is -9.47. The van der Waals surface area contributed by atoms with Crippen molar-refractivity contribution in [2.45, 2.75) is 405 Å². The van der Waals surface area contributed by atoms with Gasteiger partial charge in [-0.1, -0.05) is 317 Å². The first-order valence-electron chi connectivity index (χ1n) is 54.0. The highest BCUT2D eigenvalue weighted by Gasteiger charge is 2.36. The Morgan fingerprint density at radius 3 is 1.06 bits per heavy atom. The maximum absolute atomic E-state index is 11.9. The normalized spacial score (nSPS) is 16.6. The summed E-state index contributed by atoms with van der Waals surface area (Å²) in [4.78, 5) is 11.9. The van der Waals surface area contributed by atoms with Gasteiger partial charge in [0.1, 0.15) is 52.5 Å². The summed E-state index contributed by atoms with van der Waals surface area (Å²) >= 11 is 0. The Bertz CT molecular complexity index is 4540. The first-order valence-corrected chi connectivity index (χ1v) is 54.0. The van der Waals surface area contributed by atoms with Gasteiger partial charge in [0.25, 0.3) is 0 Å². The summed E-state index contributed by atoms with van der Waals surface area (Å²) in [5.74, 6) is 12.9. The molecule has 0 radical (unpaired) electrons. The van der Waals surface area contributed by atoms with E-state index < -0.39 is 0 Å². The summed E-state index contributed by atoms with van der Waals surface area (Å²) < 4.78 is 51.1. The molecule has 12 atom stereocenters. The second kappa shape index (κ2) is 70.2. The van der Waals surface area contributed by atoms with E-state index in [9.17, 15) is 9.90 Å². The summed E-state index contributed by atoms with van der Waals surface area (Å²) in [6.45, 7) is 55.8. The molecule has 14 heteroatoms. The van der Waals surface area contributed by atoms with Crippen molar-refractivity contribution in [2.75, 3.05) is 33.5 Å². The minimum atomic E-state index is -0.306. The van der Waals surface area contributed by atoms with Gasteiger partial charge >= 0.3 is 5.97 Å². The van der Waals surface area contributed by atoms with Crippen LogP contribution in [0.1, 0.15) is 431 Å². The highest BCUT2D eigenvalue weighted by Crippen LogP contribution is 2.40. The second-order valence-electron chi connectivity index (χ2n) is 39.9. The molecule has 140 heavy (non-hydrogen) atoms. The molecular formula is C126H190O14. The van der Waals surface area contributed by atoms with Crippen LogP contribution in [0, 0.1) is 23.7 Å². The Kier molecular flexibility index (Phi) is 61.6. The molecule has 14 nitrogen and oxygen atoms in total. The molecule has 0 amide bonds. The lowest BCUT2D eigenvalue weighted by Crippen LogP contribution is -2.39. The van der Waals surface area contributed by atoms with Gasteiger partial charge in [-0.25, -0.2) is 0 Å². The predicted molar refractivity (Wildman–Crippen MR) is 588 cm³/mol. The molecule has 0 heterocycles. The lowest BCUT2D eigenvalue weighted by Gasteiger charge is -2.38. The van der Waals surface area contributed by atoms with Gasteiger partial charge in [-0.2, -0.15) is 0 Å². The molecule has 4 N–H and O–H groups in total. The number of esters is 1. The molecule has 0 aliphatic heterocycles. The molecule has 0 aromatic heterocycles. The number of carbonyl (C=O) groups is 1. The lowest BCUT2D eigenvalue weighted by atomic mass is 9.75. The van der Waals surface area contributed by atoms with E-state index in [0.717, 1.165) is 98.7 Å². The molecule has 0 spiro atoms. The van der Waals surface area contributed by atoms with Crippen molar-refractivity contribution < 1.29 is 67.9 Å². The Labute approximate surface area is 851 Å². The first-order chi connectivity index (χ1) is 67.1. The zero-order valence-corrected chi connectivity index (χ0v) is 91.7. The number of phenols is 4. The van der Waals surface area contributed by atoms with Crippen LogP contribution in [0.3, 0.4) is 0 Å². The van der Waals surface area contributed by atoms with E-state index in [1.165, 1.54) is 153 Å². The van der Waals surface area contributed by atoms with Crippen molar-refractivity contribution in [3.8, 4) is 51.7 Å². The van der Waals surface area contributed by atoms with Crippen LogP contribution in [-0.2, 0) is 23.7 Å². The molecule has 9 aromatic carbocycles. The molecule has 778 valence electrons. The van der Waals surface area contributed by atoms with Crippen LogP contribution in [-0.4, -0.2) is 84.4 Å². The van der Waals surface area contributed by atoms with Crippen LogP contribution < -0.4 is 23.7 Å². The topological polar surface area (TPSA) is 181 Å². The summed E-state index contributed by atoms with van der Waals surface area (Å²) in [6.07, 6.45) is 29.2. The van der Waals surface area contributed by atoms with Crippen LogP contribution >= 0.6 is 0 Å². The van der Waals surface area contributed by atoms with Crippen molar-refractivity contribution in [1.82, 2.24) is 0 Å². The van der Waals surface area contributed by atoms with Gasteiger partial charge in [-0.3, -0.25) is 4.79 Å². The van der Waals surface area contributed by atoms with Gasteiger partial charge in [0.05, 0.1) is 26.2 Å². The summed E-state index contributed by atoms with van der Waals surface area (Å²) in [7, 11) is 1.56. The Balaban J connectivity index is 0.000000336. The number of phenolic OH excluding ortho intramolecular Hbond substituents is 4. The van der Waals surface area contributed by atoms with E-state index in [1.54, 1.807) is 31.4 Å². The lowest BCUT2D eigenvalue weighted by molar-refractivity contribution is -0.168. The summed E-state index contributed by atoms with van der Waals surface area (Å²) in [6, 6.07) is 72.1. The number of hydrogen-bond donors (Lipinski definition) is 4. The molecule has 0 bridgehead atoms. The van der Waals surface area contributed by atoms with E-state index in [4.69, 9.17) is 58.0 Å². The van der Waals surface area contributed by atoms with Crippen LogP contribution in [0.4, 0.5) is 0 Å². The van der Waals surface area contributed by atoms with E-state index in [2.05, 4.69) is 229 Å². The highest BCUT2D eigenvalue weighted by atomic mass is 16.7. The van der Waals surface area contributed by atoms with Crippen LogP contribution in [0.5, 0.6) is 51.7 Å². The number of hydrogen-bond acceptors (Lipinski definition) is 14. The zero-order chi connectivity index (χ0) is 103. The maximum atomic E-state index is 11.9. The van der Waals surface area contributed by atoms with Crippen LogP contribution in [0.25, 0.3) is 0 Å². The third-order valence-corrected chi connectivity index (χ3v) is 28.6. The van der Waals surface area contributed by atoms with Gasteiger partial charge in [0, 0.05) is 6.61 Å². The number of rotatable bonds is 39. The SMILES string of the molecule is CCC(C)C(=O)OC(C)(C)C1CCC(C)CC1.CCC(C)c1ccc(O)c(OC)c1.CCC(C)c1cccc(O)c1.CCC(C)c1cccc(O)c1.CCC(C)c1cccc(O)c1.CCC(C)c1cccc(OC(C)OCCC2CCCCC2)c1.CCC(C)c1cccc(OC(C)OCCOc2ccc(C3CCCCC3)cc2)c1.CCC(C)c1ccccc1.CCOC(C)Oc1cccc(C(C)CC)c1. The Morgan fingerprint density at radius 2 is 0.693 bits per heavy atom. The van der Waals surface area contributed by atoms with Crippen molar-refractivity contribution in [1.29, 1.82) is 0 Å². The van der Waals surface area contributed by atoms with E-state index in [0.29, 0.717) is 96.1 Å². The Morgan fingerprint density at radius 1 is 0.343 bits per heavy atom. The van der Waals surface area contributed by atoms with Crippen molar-refractivity contribution in [3.05, 3.63) is 268 Å². The highest BCUT2D eigenvalue weighted by molar-refractivity contribution is 5.72. The predicted octanol–water partition coefficient (Wildman–Crippen LogP) is 36.0. The van der Waals surface area contributed by atoms with Crippen LogP contribution in [0.2, 0.25) is 0 Å². The zero-order valence-electron chi connectivity index (χ0n) is 91.7. The van der Waals surface area contributed by atoms with Crippen molar-refractivity contribution in [3.63, 3.8) is 0 Å². The molecule has 3 aliphatic carbocycles. The largest absolute Gasteiger partial charge is 0.508 e. The second-order valence-corrected chi connectivity index (χ2v) is 39.9. The van der Waals surface area contributed by atoms with Gasteiger partial charge in [-0.15, -0.1) is 0 Å². The molecule has 12 unspecified atom stereocenters. The number of benzene rings is 9. The quantitative estimate of drug-likeness (QED) is 0.0162. The van der Waals surface area contributed by atoms with Gasteiger partial charge < -0.3 is 63.1 Å². The fourth-order valence-corrected chi connectivity index (χ4v) is 16.8. The number of carbonyl (C=O) groups excluding carboxylic acids is 1. The van der Waals surface area contributed by atoms with Gasteiger partial charge in [0.2, 0.25) is 0 Å². The molecule has 3 fully saturated rings. The minimum Gasteiger partial charge on any atom is -0.508 e. The summed E-state index contributed by atoms with van der Waals surface area (Å²) in [5.41, 5.74) is 11.4. The fourth-order valence-electron chi connectivity index (χ4n) is 16.8. The molecule has 9 aromatic rings. The summed E-state index contributed by atoms with van der Waals surface area (Å²) in [5, 5.41) is 36.8. The number of ether oxygens (including phenoxy) is 9. The third kappa shape index (κ3) is 49.0. The standard InChI is InChI=1S/C26H36O3.C20H32O2.C15H28O2.C14H22O2.C11H16O2.3C10H14O.C10H14/c1-4-20(2)24-11-8-12-26(19-24)29-21(3)27-17-18-28-25-15-13-23(14-16-25)22-9-6-5-7-10-22;1-4-16(2)19-11-8-12-20(15-19)22-17(3)21-14-13-18-9-6-5-7-10-18;1-6-12(3)14(16)17-15(4,5)13-9-7-11(2)8-10-13;1-5-11(3)13-8-7-9-14(10-13)16-12(4)15-6-2;1-4-8(2)9-5-6-10(12)11(7-9)13-3;3*1-3-8(2)9-5-4-6-10(11)7-9;1-3-9(2)10-7-5-4-6-8-10/h8,11-16,19-22H,4-7,9-10,17-18H2,1-3H3;8,11-12,15-18H,4-7,9-10,13-14H2,1-3H3;11-13H,6-10H2,1-5H3;7-12H,5-6H2,1-4H3;5-8,12H,4H2,1-3H3;3*4-8,11H,3H2,1-2H3;4-9H,3H2,1-2H3. The molecule has 3 saturated carbocycles. The first kappa shape index (κ1) is 123. The smallest absolute Gasteiger partial charge is 0.309 e. The average molecular weight is 1930 g/mol. The monoisotopic (exact) mass is 1930 g/mol. The third-order valence-electron chi connectivity index (χ3n) is 28.6. The maximum Gasteiger partial charge on any atom is 0.309 e.